The van der Waals surface area contributed by atoms with E-state index in [1.54, 1.807) is 0 Å². The second kappa shape index (κ2) is 9.09. The fourth-order valence-electron chi connectivity index (χ4n) is 4.83. The number of carbonyl (C=O) groups excluding carboxylic acids is 1. The Balaban J connectivity index is 1.74. The summed E-state index contributed by atoms with van der Waals surface area (Å²) in [7, 11) is 0. The molecule has 2 heterocycles. The molecule has 0 amide bonds. The lowest BCUT2D eigenvalue weighted by molar-refractivity contribution is -0.134. The number of hydrogen-bond acceptors (Lipinski definition) is 3. The van der Waals surface area contributed by atoms with Gasteiger partial charge in [-0.15, -0.1) is 0 Å². The second-order valence-electron chi connectivity index (χ2n) is 8.46. The molecule has 0 fully saturated rings. The Labute approximate surface area is 184 Å². The van der Waals surface area contributed by atoms with Gasteiger partial charge in [0.2, 0.25) is 0 Å². The average molecular weight is 417 g/mol. The van der Waals surface area contributed by atoms with Gasteiger partial charge < -0.3 is 9.30 Å². The maximum Gasteiger partial charge on any atom is 0.311 e. The summed E-state index contributed by atoms with van der Waals surface area (Å²) in [5, 5.41) is 4.79. The molecular weight excluding hydrogens is 384 g/mol. The standard InChI is InChI=1S/C27H32N2O2/c1-5-7-8-9-10-11-25(30)31-20-12-13-24-22(16-20)26-18(3)23-17-28-15-14-21(23)19(4)27(26)29(24)6-2/h12-17H,5-11H2,1-4H3. The first kappa shape index (κ1) is 21.4. The third-order valence-corrected chi connectivity index (χ3v) is 6.43. The van der Waals surface area contributed by atoms with Crippen LogP contribution in [-0.4, -0.2) is 15.5 Å². The van der Waals surface area contributed by atoms with Crippen molar-refractivity contribution >= 4 is 38.5 Å². The van der Waals surface area contributed by atoms with Crippen molar-refractivity contribution < 1.29 is 9.53 Å². The van der Waals surface area contributed by atoms with Crippen molar-refractivity contribution in [1.29, 1.82) is 0 Å². The molecule has 0 unspecified atom stereocenters. The molecule has 4 aromatic rings. The lowest BCUT2D eigenvalue weighted by Crippen LogP contribution is -2.07. The van der Waals surface area contributed by atoms with Crippen LogP contribution in [0.25, 0.3) is 32.6 Å². The molecule has 0 N–H and O–H groups in total. The van der Waals surface area contributed by atoms with Gasteiger partial charge in [0.05, 0.1) is 5.52 Å². The molecule has 2 aromatic heterocycles. The van der Waals surface area contributed by atoms with E-state index in [-0.39, 0.29) is 5.97 Å². The van der Waals surface area contributed by atoms with E-state index in [1.165, 1.54) is 57.6 Å². The van der Waals surface area contributed by atoms with E-state index in [9.17, 15) is 4.79 Å². The highest BCUT2D eigenvalue weighted by molar-refractivity contribution is 6.17. The van der Waals surface area contributed by atoms with Crippen LogP contribution < -0.4 is 4.74 Å². The van der Waals surface area contributed by atoms with Crippen molar-refractivity contribution in [2.24, 2.45) is 0 Å². The van der Waals surface area contributed by atoms with Gasteiger partial charge in [0.15, 0.2) is 0 Å². The zero-order valence-corrected chi connectivity index (χ0v) is 19.1. The van der Waals surface area contributed by atoms with E-state index in [4.69, 9.17) is 4.74 Å². The molecule has 0 bridgehead atoms. The fraction of sp³-hybridized carbons (Fsp3) is 0.407. The molecule has 4 heteroatoms. The molecule has 0 aliphatic rings. The Kier molecular flexibility index (Phi) is 6.26. The van der Waals surface area contributed by atoms with E-state index in [0.29, 0.717) is 12.2 Å². The number of aryl methyl sites for hydroxylation is 3. The van der Waals surface area contributed by atoms with Gasteiger partial charge >= 0.3 is 5.97 Å². The zero-order chi connectivity index (χ0) is 22.0. The molecule has 0 atom stereocenters. The Morgan fingerprint density at radius 3 is 2.55 bits per heavy atom. The van der Waals surface area contributed by atoms with E-state index < -0.39 is 0 Å². The lowest BCUT2D eigenvalue weighted by Gasteiger charge is -2.11. The van der Waals surface area contributed by atoms with Gasteiger partial charge in [0.25, 0.3) is 0 Å². The molecule has 162 valence electrons. The largest absolute Gasteiger partial charge is 0.427 e. The fourth-order valence-corrected chi connectivity index (χ4v) is 4.83. The predicted octanol–water partition coefficient (Wildman–Crippen LogP) is 7.25. The van der Waals surface area contributed by atoms with Gasteiger partial charge in [-0.3, -0.25) is 9.78 Å². The molecule has 0 saturated carbocycles. The van der Waals surface area contributed by atoms with Crippen LogP contribution in [0.2, 0.25) is 0 Å². The lowest BCUT2D eigenvalue weighted by atomic mass is 9.97. The highest BCUT2D eigenvalue weighted by Gasteiger charge is 2.18. The minimum atomic E-state index is -0.141. The number of unbranched alkanes of at least 4 members (excludes halogenated alkanes) is 4. The van der Waals surface area contributed by atoms with E-state index in [1.807, 2.05) is 24.5 Å². The third-order valence-electron chi connectivity index (χ3n) is 6.43. The van der Waals surface area contributed by atoms with Gasteiger partial charge in [-0.25, -0.2) is 0 Å². The second-order valence-corrected chi connectivity index (χ2v) is 8.46. The Morgan fingerprint density at radius 1 is 0.968 bits per heavy atom. The Bertz CT molecular complexity index is 1250. The van der Waals surface area contributed by atoms with E-state index in [2.05, 4.69) is 49.4 Å². The summed E-state index contributed by atoms with van der Waals surface area (Å²) in [5.41, 5.74) is 4.92. The van der Waals surface area contributed by atoms with E-state index >= 15 is 0 Å². The minimum Gasteiger partial charge on any atom is -0.427 e. The monoisotopic (exact) mass is 416 g/mol. The summed E-state index contributed by atoms with van der Waals surface area (Å²) in [5.74, 6) is 0.488. The molecule has 0 aliphatic carbocycles. The van der Waals surface area contributed by atoms with Crippen LogP contribution in [0.3, 0.4) is 0 Å². The van der Waals surface area contributed by atoms with Crippen LogP contribution in [0, 0.1) is 13.8 Å². The summed E-state index contributed by atoms with van der Waals surface area (Å²) >= 11 is 0. The SMILES string of the molecule is CCCCCCCC(=O)Oc1ccc2c(c1)c1c(C)c3cnccc3c(C)c1n2CC. The first-order valence-electron chi connectivity index (χ1n) is 11.6. The minimum absolute atomic E-state index is 0.141. The maximum absolute atomic E-state index is 12.4. The van der Waals surface area contributed by atoms with E-state index in [0.717, 1.165) is 24.8 Å². The van der Waals surface area contributed by atoms with Gasteiger partial charge in [0, 0.05) is 47.0 Å². The van der Waals surface area contributed by atoms with Gasteiger partial charge in [0.1, 0.15) is 5.75 Å². The van der Waals surface area contributed by atoms with Crippen molar-refractivity contribution in [2.75, 3.05) is 0 Å². The smallest absolute Gasteiger partial charge is 0.311 e. The topological polar surface area (TPSA) is 44.1 Å². The number of fused-ring (bicyclic) bond motifs is 4. The number of esters is 1. The molecule has 31 heavy (non-hydrogen) atoms. The predicted molar refractivity (Wildman–Crippen MR) is 129 cm³/mol. The highest BCUT2D eigenvalue weighted by Crippen LogP contribution is 2.39. The number of benzene rings is 2. The maximum atomic E-state index is 12.4. The summed E-state index contributed by atoms with van der Waals surface area (Å²) < 4.78 is 8.09. The van der Waals surface area contributed by atoms with Crippen molar-refractivity contribution in [3.05, 3.63) is 47.8 Å². The van der Waals surface area contributed by atoms with Crippen LogP contribution in [0.15, 0.2) is 36.7 Å². The van der Waals surface area contributed by atoms with Gasteiger partial charge in [-0.05, 0) is 68.0 Å². The first-order chi connectivity index (χ1) is 15.1. The number of carbonyl (C=O) groups is 1. The molecule has 0 spiro atoms. The average Bonchev–Trinajstić information content (AvgIpc) is 3.11. The molecule has 0 saturated heterocycles. The quantitative estimate of drug-likeness (QED) is 0.173. The molecule has 0 radical (unpaired) electrons. The molecule has 4 rings (SSSR count). The molecular formula is C27H32N2O2. The van der Waals surface area contributed by atoms with Crippen LogP contribution >= 0.6 is 0 Å². The number of nitrogens with zero attached hydrogens (tertiary/aromatic N) is 2. The zero-order valence-electron chi connectivity index (χ0n) is 19.1. The van der Waals surface area contributed by atoms with Crippen molar-refractivity contribution in [3.63, 3.8) is 0 Å². The first-order valence-corrected chi connectivity index (χ1v) is 11.6. The Hall–Kier alpha value is -2.88. The van der Waals surface area contributed by atoms with Crippen molar-refractivity contribution in [2.45, 2.75) is 72.8 Å². The number of pyridine rings is 1. The highest BCUT2D eigenvalue weighted by atomic mass is 16.5. The summed E-state index contributed by atoms with van der Waals surface area (Å²) in [6.45, 7) is 9.61. The van der Waals surface area contributed by atoms with Crippen LogP contribution in [0.1, 0.15) is 63.5 Å². The van der Waals surface area contributed by atoms with Crippen LogP contribution in [0.5, 0.6) is 5.75 Å². The molecule has 2 aromatic carbocycles. The Morgan fingerprint density at radius 2 is 1.77 bits per heavy atom. The van der Waals surface area contributed by atoms with Gasteiger partial charge in [-0.1, -0.05) is 32.6 Å². The molecule has 0 aliphatic heterocycles. The van der Waals surface area contributed by atoms with Crippen LogP contribution in [0.4, 0.5) is 0 Å². The van der Waals surface area contributed by atoms with Gasteiger partial charge in [-0.2, -0.15) is 0 Å². The molecule has 4 nitrogen and oxygen atoms in total. The normalized spacial score (nSPS) is 11.6. The number of aromatic nitrogens is 2. The number of rotatable bonds is 8. The number of ether oxygens (including phenoxy) is 1. The third kappa shape index (κ3) is 3.91. The summed E-state index contributed by atoms with van der Waals surface area (Å²) in [6, 6.07) is 8.15. The van der Waals surface area contributed by atoms with Crippen molar-refractivity contribution in [3.8, 4) is 5.75 Å². The van der Waals surface area contributed by atoms with Crippen LogP contribution in [-0.2, 0) is 11.3 Å². The number of hydrogen-bond donors (Lipinski definition) is 0. The van der Waals surface area contributed by atoms with Crippen molar-refractivity contribution in [1.82, 2.24) is 9.55 Å². The summed E-state index contributed by atoms with van der Waals surface area (Å²) in [6.07, 6.45) is 9.91. The summed E-state index contributed by atoms with van der Waals surface area (Å²) in [4.78, 5) is 16.7.